The molecular formula is C17H23FN6. The van der Waals surface area contributed by atoms with Crippen molar-refractivity contribution < 1.29 is 4.39 Å². The molecule has 0 unspecified atom stereocenters. The van der Waals surface area contributed by atoms with E-state index in [1.165, 1.54) is 25.3 Å². The third-order valence-electron chi connectivity index (χ3n) is 4.33. The highest BCUT2D eigenvalue weighted by Crippen LogP contribution is 2.19. The zero-order chi connectivity index (χ0) is 16.9. The Labute approximate surface area is 141 Å². The molecule has 128 valence electrons. The lowest BCUT2D eigenvalue weighted by molar-refractivity contribution is 0.414. The van der Waals surface area contributed by atoms with Crippen LogP contribution in [0.15, 0.2) is 33.2 Å². The van der Waals surface area contributed by atoms with Crippen molar-refractivity contribution in [2.45, 2.75) is 38.1 Å². The average molecular weight is 330 g/mol. The van der Waals surface area contributed by atoms with Crippen LogP contribution in [0.2, 0.25) is 0 Å². The fourth-order valence-electron chi connectivity index (χ4n) is 3.05. The number of amidine groups is 2. The number of nitrogen functional groups attached to an aromatic ring is 1. The van der Waals surface area contributed by atoms with E-state index in [2.05, 4.69) is 25.6 Å². The number of nitrogens with one attached hydrogen (secondary N) is 2. The minimum Gasteiger partial charge on any atom is -0.396 e. The summed E-state index contributed by atoms with van der Waals surface area (Å²) in [5.41, 5.74) is 7.10. The first-order chi connectivity index (χ1) is 11.7. The Hall–Kier alpha value is -2.44. The van der Waals surface area contributed by atoms with Gasteiger partial charge >= 0.3 is 0 Å². The third kappa shape index (κ3) is 3.72. The molecule has 3 rings (SSSR count). The lowest BCUT2D eigenvalue weighted by Crippen LogP contribution is -2.43. The molecule has 1 heterocycles. The number of halogens is 1. The van der Waals surface area contributed by atoms with E-state index in [1.54, 1.807) is 19.2 Å². The Morgan fingerprint density at radius 2 is 2.04 bits per heavy atom. The van der Waals surface area contributed by atoms with Gasteiger partial charge in [-0.25, -0.2) is 9.38 Å². The fraction of sp³-hybridized carbons (Fsp3) is 0.471. The standard InChI is InChI=1S/C17H23FN6/c1-20-16(24-12-7-8-13(18)14(19)9-12)15-17(22-10-21-15)23-11-5-3-2-4-6-11/h7-9,11H,2-6,10,19H2,1H3,(H,20,24)(H,22,23). The van der Waals surface area contributed by atoms with Crippen LogP contribution >= 0.6 is 0 Å². The van der Waals surface area contributed by atoms with Gasteiger partial charge in [-0.2, -0.15) is 0 Å². The molecule has 1 fully saturated rings. The molecule has 0 saturated heterocycles. The minimum absolute atomic E-state index is 0.0954. The number of anilines is 2. The quantitative estimate of drug-likeness (QED) is 0.452. The van der Waals surface area contributed by atoms with Crippen LogP contribution in [0, 0.1) is 5.82 Å². The first-order valence-corrected chi connectivity index (χ1v) is 8.32. The van der Waals surface area contributed by atoms with Gasteiger partial charge in [0.15, 0.2) is 11.7 Å². The summed E-state index contributed by atoms with van der Waals surface area (Å²) >= 11 is 0. The van der Waals surface area contributed by atoms with Gasteiger partial charge in [0.2, 0.25) is 0 Å². The highest BCUT2D eigenvalue weighted by atomic mass is 19.1. The molecule has 1 aromatic carbocycles. The maximum absolute atomic E-state index is 13.3. The van der Waals surface area contributed by atoms with Crippen LogP contribution in [0.4, 0.5) is 15.8 Å². The van der Waals surface area contributed by atoms with Crippen LogP contribution in [0.25, 0.3) is 0 Å². The number of aliphatic imine (C=N–C) groups is 3. The predicted octanol–water partition coefficient (Wildman–Crippen LogP) is 2.58. The van der Waals surface area contributed by atoms with E-state index in [1.807, 2.05) is 0 Å². The molecule has 4 N–H and O–H groups in total. The van der Waals surface area contributed by atoms with Crippen LogP contribution in [0.1, 0.15) is 32.1 Å². The van der Waals surface area contributed by atoms with Gasteiger partial charge in [-0.3, -0.25) is 9.98 Å². The van der Waals surface area contributed by atoms with Gasteiger partial charge in [0, 0.05) is 18.8 Å². The molecule has 0 aromatic heterocycles. The molecule has 7 heteroatoms. The lowest BCUT2D eigenvalue weighted by atomic mass is 9.95. The van der Waals surface area contributed by atoms with Crippen LogP contribution in [0.3, 0.4) is 0 Å². The molecule has 0 spiro atoms. The summed E-state index contributed by atoms with van der Waals surface area (Å²) in [5, 5.41) is 6.66. The molecule has 0 amide bonds. The molecule has 24 heavy (non-hydrogen) atoms. The maximum Gasteiger partial charge on any atom is 0.154 e. The molecule has 1 aliphatic carbocycles. The first kappa shape index (κ1) is 16.4. The topological polar surface area (TPSA) is 87.2 Å². The van der Waals surface area contributed by atoms with Crippen molar-refractivity contribution in [2.75, 3.05) is 24.8 Å². The lowest BCUT2D eigenvalue weighted by Gasteiger charge is -2.24. The fourth-order valence-corrected chi connectivity index (χ4v) is 3.05. The second kappa shape index (κ2) is 7.42. The Bertz CT molecular complexity index is 688. The zero-order valence-electron chi connectivity index (χ0n) is 13.8. The van der Waals surface area contributed by atoms with E-state index < -0.39 is 5.82 Å². The second-order valence-corrected chi connectivity index (χ2v) is 6.07. The van der Waals surface area contributed by atoms with E-state index in [9.17, 15) is 4.39 Å². The van der Waals surface area contributed by atoms with Crippen LogP contribution in [-0.2, 0) is 0 Å². The zero-order valence-corrected chi connectivity index (χ0v) is 13.8. The first-order valence-electron chi connectivity index (χ1n) is 8.32. The van der Waals surface area contributed by atoms with Crippen molar-refractivity contribution in [2.24, 2.45) is 15.0 Å². The van der Waals surface area contributed by atoms with E-state index in [0.29, 0.717) is 29.9 Å². The summed E-state index contributed by atoms with van der Waals surface area (Å²) in [6.45, 7) is 0.399. The highest BCUT2D eigenvalue weighted by molar-refractivity contribution is 6.70. The third-order valence-corrected chi connectivity index (χ3v) is 4.33. The van der Waals surface area contributed by atoms with Crippen molar-refractivity contribution in [3.8, 4) is 0 Å². The Morgan fingerprint density at radius 1 is 1.25 bits per heavy atom. The normalized spacial score (nSPS) is 19.0. The van der Waals surface area contributed by atoms with E-state index >= 15 is 0 Å². The largest absolute Gasteiger partial charge is 0.396 e. The Kier molecular flexibility index (Phi) is 5.08. The monoisotopic (exact) mass is 330 g/mol. The molecule has 0 atom stereocenters. The van der Waals surface area contributed by atoms with E-state index in [-0.39, 0.29) is 5.69 Å². The smallest absolute Gasteiger partial charge is 0.154 e. The van der Waals surface area contributed by atoms with Crippen LogP contribution in [-0.4, -0.2) is 37.1 Å². The van der Waals surface area contributed by atoms with Crippen LogP contribution in [0.5, 0.6) is 0 Å². The van der Waals surface area contributed by atoms with E-state index in [0.717, 1.165) is 18.7 Å². The summed E-state index contributed by atoms with van der Waals surface area (Å²) in [4.78, 5) is 13.2. The number of rotatable bonds is 3. The molecule has 1 aromatic rings. The van der Waals surface area contributed by atoms with Crippen molar-refractivity contribution in [3.63, 3.8) is 0 Å². The van der Waals surface area contributed by atoms with Crippen molar-refractivity contribution in [3.05, 3.63) is 24.0 Å². The summed E-state index contributed by atoms with van der Waals surface area (Å²) in [6, 6.07) is 4.94. The number of hydrogen-bond donors (Lipinski definition) is 3. The second-order valence-electron chi connectivity index (χ2n) is 6.07. The molecule has 0 radical (unpaired) electrons. The Balaban J connectivity index is 1.70. The van der Waals surface area contributed by atoms with Gasteiger partial charge in [0.25, 0.3) is 0 Å². The summed E-state index contributed by atoms with van der Waals surface area (Å²) in [7, 11) is 1.69. The molecule has 0 bridgehead atoms. The number of hydrogen-bond acceptors (Lipinski definition) is 5. The average Bonchev–Trinajstić information content (AvgIpc) is 3.05. The number of nitrogens with zero attached hydrogens (tertiary/aromatic N) is 3. The van der Waals surface area contributed by atoms with Gasteiger partial charge in [-0.15, -0.1) is 0 Å². The SMILES string of the molecule is CN=C(Nc1ccc(F)c(N)c1)C1=NCN=C1NC1CCCCC1. The molecule has 6 nitrogen and oxygen atoms in total. The summed E-state index contributed by atoms with van der Waals surface area (Å²) < 4.78 is 13.3. The maximum atomic E-state index is 13.3. The minimum atomic E-state index is -0.435. The van der Waals surface area contributed by atoms with Gasteiger partial charge < -0.3 is 16.4 Å². The van der Waals surface area contributed by atoms with Crippen molar-refractivity contribution in [1.29, 1.82) is 0 Å². The predicted molar refractivity (Wildman–Crippen MR) is 97.5 cm³/mol. The van der Waals surface area contributed by atoms with Gasteiger partial charge in [0.1, 0.15) is 18.2 Å². The van der Waals surface area contributed by atoms with E-state index in [4.69, 9.17) is 5.73 Å². The van der Waals surface area contributed by atoms with Crippen LogP contribution < -0.4 is 16.4 Å². The van der Waals surface area contributed by atoms with Crippen molar-refractivity contribution in [1.82, 2.24) is 5.32 Å². The summed E-state index contributed by atoms with van der Waals surface area (Å²) in [5.74, 6) is 0.945. The Morgan fingerprint density at radius 3 is 2.75 bits per heavy atom. The van der Waals surface area contributed by atoms with Gasteiger partial charge in [-0.1, -0.05) is 19.3 Å². The number of nitrogens with two attached hydrogens (primary N) is 1. The molecular weight excluding hydrogens is 307 g/mol. The van der Waals surface area contributed by atoms with Crippen molar-refractivity contribution >= 4 is 28.8 Å². The molecule has 1 aliphatic heterocycles. The van der Waals surface area contributed by atoms with Gasteiger partial charge in [-0.05, 0) is 31.0 Å². The molecule has 1 saturated carbocycles. The number of benzene rings is 1. The highest BCUT2D eigenvalue weighted by Gasteiger charge is 2.23. The molecule has 2 aliphatic rings. The van der Waals surface area contributed by atoms with Gasteiger partial charge in [0.05, 0.1) is 5.69 Å². The summed E-state index contributed by atoms with van der Waals surface area (Å²) in [6.07, 6.45) is 6.12.